The van der Waals surface area contributed by atoms with Crippen molar-refractivity contribution in [2.45, 2.75) is 39.2 Å². The molecule has 12 heavy (non-hydrogen) atoms. The molecule has 0 saturated heterocycles. The van der Waals surface area contributed by atoms with E-state index in [0.29, 0.717) is 12.8 Å². The Morgan fingerprint density at radius 3 is 2.17 bits per heavy atom. The molecule has 0 bridgehead atoms. The second-order valence-electron chi connectivity index (χ2n) is 2.48. The zero-order chi connectivity index (χ0) is 9.56. The summed E-state index contributed by atoms with van der Waals surface area (Å²) in [5.41, 5.74) is 0. The number of carbonyl (C=O) groups is 2. The van der Waals surface area contributed by atoms with Crippen LogP contribution in [-0.2, 0) is 14.3 Å². The molecule has 0 aromatic rings. The van der Waals surface area contributed by atoms with Crippen LogP contribution in [-0.4, -0.2) is 18.0 Å². The van der Waals surface area contributed by atoms with Crippen LogP contribution in [0.5, 0.6) is 0 Å². The van der Waals surface area contributed by atoms with E-state index in [0.717, 1.165) is 0 Å². The Morgan fingerprint density at radius 1 is 1.33 bits per heavy atom. The van der Waals surface area contributed by atoms with E-state index in [1.54, 1.807) is 0 Å². The van der Waals surface area contributed by atoms with Gasteiger partial charge in [0.1, 0.15) is 6.10 Å². The van der Waals surface area contributed by atoms with Crippen molar-refractivity contribution in [3.63, 3.8) is 0 Å². The summed E-state index contributed by atoms with van der Waals surface area (Å²) in [7, 11) is 0. The Kier molecular flexibility index (Phi) is 5.08. The number of carbonyl (C=O) groups excluding carboxylic acids is 2. The van der Waals surface area contributed by atoms with Crippen LogP contribution < -0.4 is 5.11 Å². The van der Waals surface area contributed by atoms with E-state index in [-0.39, 0.29) is 6.10 Å². The molecule has 0 unspecified atom stereocenters. The average Bonchev–Trinajstić information content (AvgIpc) is 1.98. The zero-order valence-electron chi connectivity index (χ0n) is 7.33. The van der Waals surface area contributed by atoms with Gasteiger partial charge in [-0.25, -0.2) is 0 Å². The van der Waals surface area contributed by atoms with Crippen molar-refractivity contribution in [1.82, 2.24) is 0 Å². The average molecular weight is 173 g/mol. The van der Waals surface area contributed by atoms with E-state index >= 15 is 0 Å². The largest absolute Gasteiger partial charge is 0.550 e. The lowest BCUT2D eigenvalue weighted by molar-refractivity contribution is -0.305. The van der Waals surface area contributed by atoms with Crippen molar-refractivity contribution < 1.29 is 19.4 Å². The van der Waals surface area contributed by atoms with Gasteiger partial charge >= 0.3 is 5.97 Å². The summed E-state index contributed by atoms with van der Waals surface area (Å²) in [6.07, 6.45) is 0.581. The molecule has 70 valence electrons. The maximum atomic E-state index is 10.7. The highest BCUT2D eigenvalue weighted by atomic mass is 16.5. The normalized spacial score (nSPS) is 9.92. The fourth-order valence-corrected chi connectivity index (χ4v) is 0.801. The lowest BCUT2D eigenvalue weighted by atomic mass is 10.2. The summed E-state index contributed by atoms with van der Waals surface area (Å²) >= 11 is 0. The molecule has 0 aliphatic rings. The number of carboxylic acid groups (broad SMARTS) is 1. The Labute approximate surface area is 71.5 Å². The Bertz CT molecular complexity index is 160. The highest BCUT2D eigenvalue weighted by Crippen LogP contribution is 2.03. The van der Waals surface area contributed by atoms with E-state index in [4.69, 9.17) is 4.74 Å². The number of esters is 1. The summed E-state index contributed by atoms with van der Waals surface area (Å²) in [4.78, 5) is 20.7. The molecule has 0 saturated carbocycles. The molecule has 0 aromatic heterocycles. The van der Waals surface area contributed by atoms with E-state index in [9.17, 15) is 14.7 Å². The number of aliphatic carboxylic acids is 1. The molecule has 0 amide bonds. The standard InChI is InChI=1S/C8H14O4/c1-3-6(4-2)12-8(11)5-7(9)10/h6H,3-5H2,1-2H3,(H,9,10)/p-1. The molecule has 0 N–H and O–H groups in total. The van der Waals surface area contributed by atoms with Crippen LogP contribution >= 0.6 is 0 Å². The lowest BCUT2D eigenvalue weighted by Crippen LogP contribution is -2.28. The number of ether oxygens (including phenoxy) is 1. The zero-order valence-corrected chi connectivity index (χ0v) is 7.33. The number of hydrogen-bond donors (Lipinski definition) is 0. The van der Waals surface area contributed by atoms with Gasteiger partial charge in [0.05, 0.1) is 12.4 Å². The predicted molar refractivity (Wildman–Crippen MR) is 40.1 cm³/mol. The molecular formula is C8H13O4-. The lowest BCUT2D eigenvalue weighted by Gasteiger charge is -2.13. The summed E-state index contributed by atoms with van der Waals surface area (Å²) in [5.74, 6) is -2.12. The monoisotopic (exact) mass is 173 g/mol. The van der Waals surface area contributed by atoms with Crippen molar-refractivity contribution in [2.75, 3.05) is 0 Å². The molecule has 0 heterocycles. The van der Waals surface area contributed by atoms with Crippen LogP contribution in [0.3, 0.4) is 0 Å². The minimum atomic E-state index is -1.40. The van der Waals surface area contributed by atoms with Gasteiger partial charge in [-0.1, -0.05) is 13.8 Å². The van der Waals surface area contributed by atoms with Gasteiger partial charge in [0, 0.05) is 0 Å². The van der Waals surface area contributed by atoms with Crippen LogP contribution in [0.15, 0.2) is 0 Å². The highest BCUT2D eigenvalue weighted by molar-refractivity contribution is 5.89. The van der Waals surface area contributed by atoms with Crippen molar-refractivity contribution in [2.24, 2.45) is 0 Å². The summed E-state index contributed by atoms with van der Waals surface area (Å²) in [6, 6.07) is 0. The first kappa shape index (κ1) is 10.9. The molecule has 0 fully saturated rings. The molecule has 4 nitrogen and oxygen atoms in total. The van der Waals surface area contributed by atoms with E-state index in [1.165, 1.54) is 0 Å². The predicted octanol–water partition coefficient (Wildman–Crippen LogP) is -0.142. The van der Waals surface area contributed by atoms with Gasteiger partial charge in [-0.15, -0.1) is 0 Å². The van der Waals surface area contributed by atoms with Crippen molar-refractivity contribution in [3.05, 3.63) is 0 Å². The van der Waals surface area contributed by atoms with Crippen LogP contribution in [0.2, 0.25) is 0 Å². The fraction of sp³-hybridized carbons (Fsp3) is 0.750. The first-order chi connectivity index (χ1) is 5.60. The van der Waals surface area contributed by atoms with Crippen molar-refractivity contribution in [3.8, 4) is 0 Å². The third-order valence-electron chi connectivity index (χ3n) is 1.50. The van der Waals surface area contributed by atoms with E-state index in [2.05, 4.69) is 0 Å². The van der Waals surface area contributed by atoms with Crippen LogP contribution in [0.4, 0.5) is 0 Å². The second-order valence-corrected chi connectivity index (χ2v) is 2.48. The van der Waals surface area contributed by atoms with Crippen molar-refractivity contribution in [1.29, 1.82) is 0 Å². The maximum Gasteiger partial charge on any atom is 0.311 e. The Hall–Kier alpha value is -1.06. The summed E-state index contributed by atoms with van der Waals surface area (Å²) in [6.45, 7) is 3.75. The third-order valence-corrected chi connectivity index (χ3v) is 1.50. The van der Waals surface area contributed by atoms with E-state index in [1.807, 2.05) is 13.8 Å². The SMILES string of the molecule is CCC(CC)OC(=O)CC(=O)[O-]. The van der Waals surface area contributed by atoms with Gasteiger partial charge in [-0.3, -0.25) is 4.79 Å². The molecular weight excluding hydrogens is 160 g/mol. The molecule has 0 aliphatic carbocycles. The van der Waals surface area contributed by atoms with Gasteiger partial charge in [0.25, 0.3) is 0 Å². The van der Waals surface area contributed by atoms with Crippen LogP contribution in [0.1, 0.15) is 33.1 Å². The minimum absolute atomic E-state index is 0.170. The first-order valence-electron chi connectivity index (χ1n) is 3.99. The van der Waals surface area contributed by atoms with Gasteiger partial charge in [-0.05, 0) is 12.8 Å². The number of rotatable bonds is 5. The van der Waals surface area contributed by atoms with Gasteiger partial charge in [0.15, 0.2) is 0 Å². The smallest absolute Gasteiger partial charge is 0.311 e. The number of hydrogen-bond acceptors (Lipinski definition) is 4. The quantitative estimate of drug-likeness (QED) is 0.428. The Morgan fingerprint density at radius 2 is 1.83 bits per heavy atom. The third kappa shape index (κ3) is 4.71. The first-order valence-corrected chi connectivity index (χ1v) is 3.99. The summed E-state index contributed by atoms with van der Waals surface area (Å²) in [5, 5.41) is 9.96. The second kappa shape index (κ2) is 5.57. The fourth-order valence-electron chi connectivity index (χ4n) is 0.801. The van der Waals surface area contributed by atoms with Crippen LogP contribution in [0, 0.1) is 0 Å². The highest BCUT2D eigenvalue weighted by Gasteiger charge is 2.09. The molecule has 0 aromatic carbocycles. The molecule has 0 aliphatic heterocycles. The molecule has 0 atom stereocenters. The maximum absolute atomic E-state index is 10.7. The molecule has 4 heteroatoms. The minimum Gasteiger partial charge on any atom is -0.550 e. The van der Waals surface area contributed by atoms with Crippen LogP contribution in [0.25, 0.3) is 0 Å². The molecule has 0 spiro atoms. The topological polar surface area (TPSA) is 66.4 Å². The summed E-state index contributed by atoms with van der Waals surface area (Å²) < 4.78 is 4.80. The number of carboxylic acids is 1. The molecule has 0 rings (SSSR count). The van der Waals surface area contributed by atoms with Crippen molar-refractivity contribution >= 4 is 11.9 Å². The Balaban J connectivity index is 3.74. The molecule has 0 radical (unpaired) electrons. The van der Waals surface area contributed by atoms with E-state index < -0.39 is 18.4 Å². The van der Waals surface area contributed by atoms with Gasteiger partial charge in [0.2, 0.25) is 0 Å². The van der Waals surface area contributed by atoms with Gasteiger partial charge in [-0.2, -0.15) is 0 Å². The van der Waals surface area contributed by atoms with Gasteiger partial charge < -0.3 is 14.6 Å².